The molecule has 0 saturated heterocycles. The van der Waals surface area contributed by atoms with Gasteiger partial charge in [0.05, 0.1) is 0 Å². The second-order valence-corrected chi connectivity index (χ2v) is 2.66. The maximum absolute atomic E-state index is 5.75. The Bertz CT molecular complexity index is 202. The van der Waals surface area contributed by atoms with Crippen LogP contribution in [0.25, 0.3) is 0 Å². The Morgan fingerprint density at radius 3 is 2.56 bits per heavy atom. The van der Waals surface area contributed by atoms with Crippen LogP contribution in [-0.2, 0) is 0 Å². The van der Waals surface area contributed by atoms with Crippen molar-refractivity contribution < 1.29 is 0 Å². The third kappa shape index (κ3) is 1.47. The summed E-state index contributed by atoms with van der Waals surface area (Å²) < 4.78 is 0. The minimum atomic E-state index is 0.622. The van der Waals surface area contributed by atoms with Crippen molar-refractivity contribution in [3.63, 3.8) is 0 Å². The second kappa shape index (κ2) is 2.72. The van der Waals surface area contributed by atoms with Gasteiger partial charge in [0.25, 0.3) is 0 Å². The molecule has 0 aliphatic heterocycles. The molecule has 0 aliphatic carbocycles. The molecule has 0 spiro atoms. The number of hydrogen-bond donors (Lipinski definition) is 0. The molecule has 3 heteroatoms. The van der Waals surface area contributed by atoms with Crippen LogP contribution in [-0.4, -0.2) is 6.91 Å². The predicted molar refractivity (Wildman–Crippen MR) is 42.5 cm³/mol. The summed E-state index contributed by atoms with van der Waals surface area (Å²) in [7, 11) is 0. The van der Waals surface area contributed by atoms with Gasteiger partial charge in [0, 0.05) is 0 Å². The first-order chi connectivity index (χ1) is 4.22. The molecule has 1 heterocycles. The van der Waals surface area contributed by atoms with Gasteiger partial charge in [-0.05, 0) is 0 Å². The van der Waals surface area contributed by atoms with Gasteiger partial charge < -0.3 is 0 Å². The van der Waals surface area contributed by atoms with E-state index in [1.165, 1.54) is 0 Å². The summed E-state index contributed by atoms with van der Waals surface area (Å²) in [5.74, 6) is 1.88. The summed E-state index contributed by atoms with van der Waals surface area (Å²) in [5, 5.41) is 1.27. The van der Waals surface area contributed by atoms with Crippen molar-refractivity contribution in [3.05, 3.63) is 27.5 Å². The van der Waals surface area contributed by atoms with Gasteiger partial charge in [0.1, 0.15) is 0 Å². The fraction of sp³-hybridized carbons (Fsp3) is 0.167. The van der Waals surface area contributed by atoms with Crippen molar-refractivity contribution in [2.75, 3.05) is 0 Å². The van der Waals surface area contributed by atoms with E-state index in [0.717, 1.165) is 5.46 Å². The molecular formula is C6H5BCl2. The number of hydrogen-bond acceptors (Lipinski definition) is 0. The summed E-state index contributed by atoms with van der Waals surface area (Å²) in [6, 6.07) is 1.77. The normalized spacial score (nSPS) is 9.22. The van der Waals surface area contributed by atoms with Crippen molar-refractivity contribution in [2.24, 2.45) is 0 Å². The zero-order valence-electron chi connectivity index (χ0n) is 4.99. The van der Waals surface area contributed by atoms with Gasteiger partial charge in [-0.3, -0.25) is 0 Å². The zero-order valence-corrected chi connectivity index (χ0v) is 6.50. The summed E-state index contributed by atoms with van der Waals surface area (Å²) in [4.78, 5) is 0. The fourth-order valence-corrected chi connectivity index (χ4v) is 0.959. The summed E-state index contributed by atoms with van der Waals surface area (Å²) in [5.41, 5.74) is 1.02. The first kappa shape index (κ1) is 7.11. The van der Waals surface area contributed by atoms with Crippen LogP contribution in [0, 0.1) is 6.92 Å². The van der Waals surface area contributed by atoms with Crippen LogP contribution in [0.4, 0.5) is 0 Å². The molecular weight excluding hydrogens is 154 g/mol. The van der Waals surface area contributed by atoms with Crippen molar-refractivity contribution in [1.29, 1.82) is 0 Å². The monoisotopic (exact) mass is 158 g/mol. The molecule has 0 amide bonds. The molecule has 0 atom stereocenters. The standard InChI is InChI=1S/C6H5BCl2/c1-4-6(9)5(8)2-3-7-4/h2-3H,1H3. The molecule has 1 aromatic rings. The summed E-state index contributed by atoms with van der Waals surface area (Å²) in [6.07, 6.45) is 0. The van der Waals surface area contributed by atoms with Gasteiger partial charge in [-0.15, -0.1) is 0 Å². The molecule has 0 bridgehead atoms. The SMILES string of the molecule is Cc1bccc(Cl)c1Cl. The van der Waals surface area contributed by atoms with Crippen LogP contribution in [0.1, 0.15) is 5.46 Å². The zero-order chi connectivity index (χ0) is 6.85. The molecule has 1 rings (SSSR count). The Kier molecular flexibility index (Phi) is 2.15. The molecule has 0 aromatic carbocycles. The van der Waals surface area contributed by atoms with Gasteiger partial charge in [0.15, 0.2) is 0 Å². The molecule has 0 N–H and O–H groups in total. The van der Waals surface area contributed by atoms with E-state index in [4.69, 9.17) is 23.2 Å². The molecule has 9 heavy (non-hydrogen) atoms. The van der Waals surface area contributed by atoms with E-state index in [9.17, 15) is 0 Å². The van der Waals surface area contributed by atoms with E-state index >= 15 is 0 Å². The van der Waals surface area contributed by atoms with Crippen molar-refractivity contribution in [1.82, 2.24) is 0 Å². The first-order valence-corrected chi connectivity index (χ1v) is 3.38. The third-order valence-electron chi connectivity index (χ3n) is 1.14. The van der Waals surface area contributed by atoms with Crippen molar-refractivity contribution in [3.8, 4) is 0 Å². The summed E-state index contributed by atoms with van der Waals surface area (Å²) >= 11 is 11.4. The molecule has 0 unspecified atom stereocenters. The van der Waals surface area contributed by atoms with Crippen molar-refractivity contribution >= 4 is 30.1 Å². The average molecular weight is 159 g/mol. The van der Waals surface area contributed by atoms with Gasteiger partial charge in [0.2, 0.25) is 0 Å². The topological polar surface area (TPSA) is 0 Å². The van der Waals surface area contributed by atoms with E-state index in [1.54, 1.807) is 6.07 Å². The molecule has 0 radical (unpaired) electrons. The Morgan fingerprint density at radius 2 is 2.11 bits per heavy atom. The van der Waals surface area contributed by atoms with Gasteiger partial charge in [-0.2, -0.15) is 0 Å². The predicted octanol–water partition coefficient (Wildman–Crippen LogP) is 2.64. The van der Waals surface area contributed by atoms with Crippen LogP contribution >= 0.6 is 23.2 Å². The van der Waals surface area contributed by atoms with Crippen LogP contribution < -0.4 is 0 Å². The molecule has 0 fully saturated rings. The average Bonchev–Trinajstić information content (AvgIpc) is 1.83. The molecule has 46 valence electrons. The maximum atomic E-state index is 5.75. The number of rotatable bonds is 0. The minimum absolute atomic E-state index is 0.622. The first-order valence-electron chi connectivity index (χ1n) is 2.62. The number of halogens is 2. The summed E-state index contributed by atoms with van der Waals surface area (Å²) in [6.45, 7) is 3.85. The van der Waals surface area contributed by atoms with Crippen LogP contribution in [0.5, 0.6) is 0 Å². The molecule has 0 aliphatic rings. The Labute approximate surface area is 65.0 Å². The van der Waals surface area contributed by atoms with Crippen molar-refractivity contribution in [2.45, 2.75) is 6.92 Å². The van der Waals surface area contributed by atoms with Gasteiger partial charge >= 0.3 is 64.6 Å². The molecule has 1 aromatic heterocycles. The Morgan fingerprint density at radius 1 is 1.44 bits per heavy atom. The van der Waals surface area contributed by atoms with Crippen LogP contribution in [0.15, 0.2) is 12.0 Å². The van der Waals surface area contributed by atoms with Gasteiger partial charge in [-0.25, -0.2) is 0 Å². The molecule has 0 nitrogen and oxygen atoms in total. The Hall–Kier alpha value is -0.00506. The van der Waals surface area contributed by atoms with E-state index < -0.39 is 0 Å². The van der Waals surface area contributed by atoms with Crippen LogP contribution in [0.3, 0.4) is 0 Å². The van der Waals surface area contributed by atoms with E-state index in [-0.39, 0.29) is 0 Å². The quantitative estimate of drug-likeness (QED) is 0.545. The second-order valence-electron chi connectivity index (χ2n) is 1.87. The Balaban J connectivity index is 3.25. The molecule has 0 saturated carbocycles. The fourth-order valence-electron chi connectivity index (χ4n) is 0.612. The van der Waals surface area contributed by atoms with E-state index in [1.807, 2.05) is 19.8 Å². The van der Waals surface area contributed by atoms with E-state index in [2.05, 4.69) is 0 Å². The third-order valence-corrected chi connectivity index (χ3v) is 2.06. The number of aryl methyl sites for hydroxylation is 1. The van der Waals surface area contributed by atoms with Crippen LogP contribution in [0.2, 0.25) is 10.0 Å². The van der Waals surface area contributed by atoms with E-state index in [0.29, 0.717) is 10.0 Å². The van der Waals surface area contributed by atoms with Gasteiger partial charge in [-0.1, -0.05) is 0 Å².